The van der Waals surface area contributed by atoms with Gasteiger partial charge in [0.25, 0.3) is 0 Å². The van der Waals surface area contributed by atoms with Crippen LogP contribution in [-0.2, 0) is 21.7 Å². The lowest BCUT2D eigenvalue weighted by Crippen LogP contribution is -2.08. The minimum Gasteiger partial charge on any atom is -0.469 e. The largest absolute Gasteiger partial charge is 0.469 e. The molecule has 0 radical (unpaired) electrons. The Kier molecular flexibility index (Phi) is 6.78. The fourth-order valence-corrected chi connectivity index (χ4v) is 2.17. The maximum Gasteiger partial charge on any atom is 0.306 e. The van der Waals surface area contributed by atoms with Gasteiger partial charge in [-0.15, -0.1) is 11.8 Å². The Hall–Kier alpha value is -1.04. The van der Waals surface area contributed by atoms with E-state index < -0.39 is 0 Å². The molecule has 102 valence electrons. The van der Waals surface area contributed by atoms with Gasteiger partial charge in [0.05, 0.1) is 19.3 Å². The maximum atomic E-state index is 11.1. The number of aromatic nitrogens is 2. The molecule has 0 aliphatic heterocycles. The number of rotatable bonds is 8. The van der Waals surface area contributed by atoms with Gasteiger partial charge in [-0.3, -0.25) is 4.79 Å². The summed E-state index contributed by atoms with van der Waals surface area (Å²) in [6, 6.07) is 0. The Balaban J connectivity index is 2.30. The highest BCUT2D eigenvalue weighted by atomic mass is 32.2. The van der Waals surface area contributed by atoms with Crippen molar-refractivity contribution in [2.45, 2.75) is 50.5 Å². The summed E-state index contributed by atoms with van der Waals surface area (Å²) in [5.41, 5.74) is 0. The Morgan fingerprint density at radius 3 is 3.00 bits per heavy atom. The van der Waals surface area contributed by atoms with E-state index in [-0.39, 0.29) is 11.2 Å². The second kappa shape index (κ2) is 8.13. The van der Waals surface area contributed by atoms with Crippen molar-refractivity contribution in [2.75, 3.05) is 7.11 Å². The first-order valence-electron chi connectivity index (χ1n) is 6.15. The van der Waals surface area contributed by atoms with Crippen molar-refractivity contribution in [3.05, 3.63) is 11.7 Å². The molecule has 0 saturated heterocycles. The molecule has 1 unspecified atom stereocenters. The van der Waals surface area contributed by atoms with Crippen LogP contribution in [0.1, 0.15) is 44.8 Å². The summed E-state index contributed by atoms with van der Waals surface area (Å²) in [4.78, 5) is 15.4. The molecule has 1 rings (SSSR count). The molecule has 0 fully saturated rings. The number of ether oxygens (including phenoxy) is 1. The molecule has 0 aromatic carbocycles. The van der Waals surface area contributed by atoms with E-state index >= 15 is 0 Å². The zero-order valence-electron chi connectivity index (χ0n) is 11.1. The van der Waals surface area contributed by atoms with Crippen molar-refractivity contribution in [3.8, 4) is 0 Å². The molecular weight excluding hydrogens is 252 g/mol. The molecule has 0 saturated carbocycles. The number of nitrogens with zero attached hydrogens (tertiary/aromatic N) is 2. The van der Waals surface area contributed by atoms with E-state index in [1.54, 1.807) is 11.8 Å². The van der Waals surface area contributed by atoms with Crippen molar-refractivity contribution in [1.29, 1.82) is 0 Å². The summed E-state index contributed by atoms with van der Waals surface area (Å²) in [5.74, 6) is 1.84. The van der Waals surface area contributed by atoms with E-state index in [4.69, 9.17) is 4.52 Å². The van der Waals surface area contributed by atoms with Crippen LogP contribution in [0.3, 0.4) is 0 Å². The second-order valence-electron chi connectivity index (χ2n) is 4.11. The number of carbonyl (C=O) groups excluding carboxylic acids is 1. The highest BCUT2D eigenvalue weighted by molar-refractivity contribution is 7.99. The summed E-state index contributed by atoms with van der Waals surface area (Å²) < 4.78 is 9.76. The molecule has 5 nitrogen and oxygen atoms in total. The average molecular weight is 272 g/mol. The van der Waals surface area contributed by atoms with Crippen molar-refractivity contribution in [2.24, 2.45) is 0 Å². The third-order valence-corrected chi connectivity index (χ3v) is 3.59. The molecule has 0 amide bonds. The molecule has 0 aliphatic rings. The summed E-state index contributed by atoms with van der Waals surface area (Å²) >= 11 is 1.61. The van der Waals surface area contributed by atoms with Gasteiger partial charge in [0, 0.05) is 11.7 Å². The molecule has 0 spiro atoms. The van der Waals surface area contributed by atoms with Crippen LogP contribution in [0, 0.1) is 0 Å². The topological polar surface area (TPSA) is 65.2 Å². The fourth-order valence-electron chi connectivity index (χ4n) is 1.38. The number of methoxy groups -OCH3 is 1. The lowest BCUT2D eigenvalue weighted by molar-refractivity contribution is -0.140. The number of unbranched alkanes of at least 4 members (excludes halogenated alkanes) is 1. The zero-order valence-corrected chi connectivity index (χ0v) is 12.0. The van der Waals surface area contributed by atoms with Crippen molar-refractivity contribution < 1.29 is 14.1 Å². The normalized spacial score (nSPS) is 12.4. The second-order valence-corrected chi connectivity index (χ2v) is 5.54. The zero-order chi connectivity index (χ0) is 13.4. The highest BCUT2D eigenvalue weighted by Crippen LogP contribution is 2.19. The molecule has 1 aromatic heterocycles. The van der Waals surface area contributed by atoms with Gasteiger partial charge in [-0.25, -0.2) is 0 Å². The molecule has 0 bridgehead atoms. The standard InChI is InChI=1S/C12H20N2O3S/c1-4-5-6-10-13-11(17-14-10)8-18-9(2)7-12(15)16-3/h9H,4-8H2,1-3H3. The molecular formula is C12H20N2O3S. The SMILES string of the molecule is CCCCc1noc(CSC(C)CC(=O)OC)n1. The Morgan fingerprint density at radius 1 is 1.56 bits per heavy atom. The monoisotopic (exact) mass is 272 g/mol. The minimum atomic E-state index is -0.191. The summed E-state index contributed by atoms with van der Waals surface area (Å²) in [6.45, 7) is 4.11. The first-order chi connectivity index (χ1) is 8.65. The number of esters is 1. The number of aryl methyl sites for hydroxylation is 1. The predicted octanol–water partition coefficient (Wildman–Crippen LogP) is 2.60. The molecule has 6 heteroatoms. The summed E-state index contributed by atoms with van der Waals surface area (Å²) in [6.07, 6.45) is 3.46. The van der Waals surface area contributed by atoms with Crippen LogP contribution < -0.4 is 0 Å². The number of hydrogen-bond acceptors (Lipinski definition) is 6. The van der Waals surface area contributed by atoms with E-state index in [9.17, 15) is 4.79 Å². The van der Waals surface area contributed by atoms with Gasteiger partial charge in [-0.2, -0.15) is 4.98 Å². The van der Waals surface area contributed by atoms with Crippen LogP contribution in [0.4, 0.5) is 0 Å². The van der Waals surface area contributed by atoms with Crippen LogP contribution in [0.15, 0.2) is 4.52 Å². The van der Waals surface area contributed by atoms with E-state index in [1.807, 2.05) is 6.92 Å². The van der Waals surface area contributed by atoms with Gasteiger partial charge in [-0.05, 0) is 6.42 Å². The molecule has 0 N–H and O–H groups in total. The molecule has 1 heterocycles. The van der Waals surface area contributed by atoms with Crippen LogP contribution in [0.5, 0.6) is 0 Å². The third-order valence-electron chi connectivity index (χ3n) is 2.44. The van der Waals surface area contributed by atoms with E-state index in [1.165, 1.54) is 7.11 Å². The van der Waals surface area contributed by atoms with E-state index in [0.29, 0.717) is 18.1 Å². The summed E-state index contributed by atoms with van der Waals surface area (Å²) in [7, 11) is 1.40. The van der Waals surface area contributed by atoms with Gasteiger partial charge in [-0.1, -0.05) is 25.4 Å². The highest BCUT2D eigenvalue weighted by Gasteiger charge is 2.12. The Morgan fingerprint density at radius 2 is 2.33 bits per heavy atom. The first-order valence-corrected chi connectivity index (χ1v) is 7.20. The third kappa shape index (κ3) is 5.53. The van der Waals surface area contributed by atoms with Gasteiger partial charge in [0.2, 0.25) is 5.89 Å². The van der Waals surface area contributed by atoms with E-state index in [0.717, 1.165) is 25.1 Å². The summed E-state index contributed by atoms with van der Waals surface area (Å²) in [5, 5.41) is 4.10. The first kappa shape index (κ1) is 15.0. The predicted molar refractivity (Wildman–Crippen MR) is 70.3 cm³/mol. The fraction of sp³-hybridized carbons (Fsp3) is 0.750. The number of hydrogen-bond donors (Lipinski definition) is 0. The van der Waals surface area contributed by atoms with Gasteiger partial charge in [0.1, 0.15) is 0 Å². The lowest BCUT2D eigenvalue weighted by atomic mass is 10.2. The van der Waals surface area contributed by atoms with Crippen molar-refractivity contribution >= 4 is 17.7 Å². The lowest BCUT2D eigenvalue weighted by Gasteiger charge is -2.07. The smallest absolute Gasteiger partial charge is 0.306 e. The van der Waals surface area contributed by atoms with Crippen LogP contribution >= 0.6 is 11.8 Å². The molecule has 1 aromatic rings. The van der Waals surface area contributed by atoms with Gasteiger partial charge >= 0.3 is 5.97 Å². The van der Waals surface area contributed by atoms with Gasteiger partial charge in [0.15, 0.2) is 5.82 Å². The minimum absolute atomic E-state index is 0.184. The van der Waals surface area contributed by atoms with Crippen LogP contribution in [-0.4, -0.2) is 28.5 Å². The maximum absolute atomic E-state index is 11.1. The van der Waals surface area contributed by atoms with Crippen molar-refractivity contribution in [1.82, 2.24) is 10.1 Å². The van der Waals surface area contributed by atoms with Gasteiger partial charge < -0.3 is 9.26 Å². The Bertz CT molecular complexity index is 368. The number of carbonyl (C=O) groups is 1. The average Bonchev–Trinajstić information content (AvgIpc) is 2.81. The molecule has 0 aliphatic carbocycles. The molecule has 1 atom stereocenters. The quantitative estimate of drug-likeness (QED) is 0.678. The number of thioether (sulfide) groups is 1. The van der Waals surface area contributed by atoms with Crippen molar-refractivity contribution in [3.63, 3.8) is 0 Å². The molecule has 18 heavy (non-hydrogen) atoms. The van der Waals surface area contributed by atoms with E-state index in [2.05, 4.69) is 21.8 Å². The van der Waals surface area contributed by atoms with Crippen LogP contribution in [0.25, 0.3) is 0 Å². The van der Waals surface area contributed by atoms with Crippen LogP contribution in [0.2, 0.25) is 0 Å². The Labute approximate surface area is 112 Å².